The molecule has 0 saturated heterocycles. The number of hydrogen-bond donors (Lipinski definition) is 1. The Bertz CT molecular complexity index is 815. The minimum atomic E-state index is -0.153. The Balaban J connectivity index is 1.48. The van der Waals surface area contributed by atoms with Crippen molar-refractivity contribution in [3.63, 3.8) is 0 Å². The lowest BCUT2D eigenvalue weighted by Crippen LogP contribution is -2.30. The van der Waals surface area contributed by atoms with Crippen LogP contribution in [0.15, 0.2) is 54.9 Å². The number of ether oxygens (including phenoxy) is 2. The smallest absolute Gasteiger partial charge is 0.257 e. The molecule has 0 unspecified atom stereocenters. The van der Waals surface area contributed by atoms with Gasteiger partial charge in [0.1, 0.15) is 5.75 Å². The number of pyridine rings is 1. The highest BCUT2D eigenvalue weighted by atomic mass is 16.5. The second kappa shape index (κ2) is 7.50. The van der Waals surface area contributed by atoms with Crippen LogP contribution >= 0.6 is 0 Å². The van der Waals surface area contributed by atoms with E-state index in [0.717, 1.165) is 17.1 Å². The summed E-state index contributed by atoms with van der Waals surface area (Å²) < 4.78 is 12.6. The maximum atomic E-state index is 11.8. The van der Waals surface area contributed by atoms with Gasteiger partial charge in [0.05, 0.1) is 12.8 Å². The molecular weight excluding hydrogens is 306 g/mol. The molecule has 3 aromatic rings. The van der Waals surface area contributed by atoms with Gasteiger partial charge in [0.15, 0.2) is 18.0 Å². The number of benzene rings is 1. The lowest BCUT2D eigenvalue weighted by Gasteiger charge is -2.06. The molecule has 0 spiro atoms. The molecular formula is C18H19N3O3. The summed E-state index contributed by atoms with van der Waals surface area (Å²) in [4.78, 5) is 16.3. The third-order valence-electron chi connectivity index (χ3n) is 3.53. The van der Waals surface area contributed by atoms with Crippen LogP contribution in [0.2, 0.25) is 0 Å². The van der Waals surface area contributed by atoms with Crippen molar-refractivity contribution in [1.29, 1.82) is 0 Å². The molecule has 1 amide bonds. The van der Waals surface area contributed by atoms with Crippen LogP contribution in [-0.4, -0.2) is 35.6 Å². The summed E-state index contributed by atoms with van der Waals surface area (Å²) in [6.07, 6.45) is 4.49. The third-order valence-corrected chi connectivity index (χ3v) is 3.53. The van der Waals surface area contributed by atoms with Gasteiger partial charge in [-0.1, -0.05) is 18.2 Å². The van der Waals surface area contributed by atoms with Gasteiger partial charge in [0.25, 0.3) is 5.91 Å². The number of nitrogens with zero attached hydrogens (tertiary/aromatic N) is 2. The van der Waals surface area contributed by atoms with Crippen molar-refractivity contribution in [2.75, 3.05) is 20.3 Å². The minimum absolute atomic E-state index is 0.00298. The number of amides is 1. The first-order valence-corrected chi connectivity index (χ1v) is 7.71. The number of methoxy groups -OCH3 is 1. The summed E-state index contributed by atoms with van der Waals surface area (Å²) in [5.74, 6) is 1.25. The Morgan fingerprint density at radius 2 is 2.04 bits per heavy atom. The van der Waals surface area contributed by atoms with E-state index in [4.69, 9.17) is 9.47 Å². The van der Waals surface area contributed by atoms with E-state index in [9.17, 15) is 4.79 Å². The Kier molecular flexibility index (Phi) is 4.96. The van der Waals surface area contributed by atoms with E-state index in [1.807, 2.05) is 59.3 Å². The molecule has 1 aromatic carbocycles. The highest BCUT2D eigenvalue weighted by Crippen LogP contribution is 2.18. The Hall–Kier alpha value is -3.02. The number of carbonyl (C=O) groups is 1. The number of carbonyl (C=O) groups excluding carboxylic acids is 1. The molecule has 0 bridgehead atoms. The average Bonchev–Trinajstić information content (AvgIpc) is 3.03. The number of fused-ring (bicyclic) bond motifs is 1. The molecule has 2 heterocycles. The van der Waals surface area contributed by atoms with Gasteiger partial charge in [-0.3, -0.25) is 4.79 Å². The Morgan fingerprint density at radius 1 is 1.21 bits per heavy atom. The average molecular weight is 325 g/mol. The monoisotopic (exact) mass is 325 g/mol. The molecule has 0 fully saturated rings. The van der Waals surface area contributed by atoms with Crippen LogP contribution in [0.4, 0.5) is 0 Å². The van der Waals surface area contributed by atoms with Crippen molar-refractivity contribution < 1.29 is 14.3 Å². The maximum absolute atomic E-state index is 11.8. The van der Waals surface area contributed by atoms with E-state index in [0.29, 0.717) is 18.7 Å². The van der Waals surface area contributed by atoms with E-state index in [1.165, 1.54) is 0 Å². The van der Waals surface area contributed by atoms with Gasteiger partial charge in [-0.05, 0) is 24.3 Å². The summed E-state index contributed by atoms with van der Waals surface area (Å²) in [5, 5.41) is 2.83. The van der Waals surface area contributed by atoms with Gasteiger partial charge in [0.2, 0.25) is 0 Å². The number of hydrogen-bond acceptors (Lipinski definition) is 4. The van der Waals surface area contributed by atoms with Gasteiger partial charge in [-0.2, -0.15) is 0 Å². The lowest BCUT2D eigenvalue weighted by molar-refractivity contribution is -0.123. The first-order valence-electron chi connectivity index (χ1n) is 7.71. The van der Waals surface area contributed by atoms with Gasteiger partial charge >= 0.3 is 0 Å². The van der Waals surface area contributed by atoms with Crippen LogP contribution in [0.3, 0.4) is 0 Å². The second-order valence-electron chi connectivity index (χ2n) is 5.24. The van der Waals surface area contributed by atoms with Gasteiger partial charge in [-0.15, -0.1) is 0 Å². The van der Waals surface area contributed by atoms with Crippen LogP contribution < -0.4 is 14.8 Å². The molecule has 0 radical (unpaired) electrons. The number of rotatable bonds is 7. The lowest BCUT2D eigenvalue weighted by atomic mass is 10.3. The topological polar surface area (TPSA) is 64.9 Å². The fourth-order valence-corrected chi connectivity index (χ4v) is 2.36. The molecule has 0 saturated carbocycles. The first-order chi connectivity index (χ1) is 11.8. The molecule has 0 aliphatic carbocycles. The van der Waals surface area contributed by atoms with Crippen molar-refractivity contribution in [3.8, 4) is 11.5 Å². The molecule has 0 aliphatic heterocycles. The maximum Gasteiger partial charge on any atom is 0.257 e. The van der Waals surface area contributed by atoms with Crippen LogP contribution in [0.5, 0.6) is 11.5 Å². The van der Waals surface area contributed by atoms with E-state index in [1.54, 1.807) is 7.11 Å². The first kappa shape index (κ1) is 15.9. The quantitative estimate of drug-likeness (QED) is 0.722. The van der Waals surface area contributed by atoms with Crippen molar-refractivity contribution in [2.45, 2.75) is 6.42 Å². The zero-order valence-corrected chi connectivity index (χ0v) is 13.4. The molecule has 0 aliphatic rings. The fourth-order valence-electron chi connectivity index (χ4n) is 2.36. The summed E-state index contributed by atoms with van der Waals surface area (Å²) in [5.41, 5.74) is 1.66. The highest BCUT2D eigenvalue weighted by Gasteiger charge is 2.07. The predicted molar refractivity (Wildman–Crippen MR) is 90.4 cm³/mol. The van der Waals surface area contributed by atoms with Crippen molar-refractivity contribution in [2.24, 2.45) is 0 Å². The van der Waals surface area contributed by atoms with E-state index in [-0.39, 0.29) is 12.5 Å². The Morgan fingerprint density at radius 3 is 2.83 bits per heavy atom. The van der Waals surface area contributed by atoms with E-state index in [2.05, 4.69) is 10.3 Å². The fraction of sp³-hybridized carbons (Fsp3) is 0.222. The summed E-state index contributed by atoms with van der Waals surface area (Å²) in [6, 6.07) is 13.0. The normalized spacial score (nSPS) is 10.5. The minimum Gasteiger partial charge on any atom is -0.493 e. The van der Waals surface area contributed by atoms with Crippen LogP contribution in [0, 0.1) is 0 Å². The van der Waals surface area contributed by atoms with Gasteiger partial charge in [-0.25, -0.2) is 4.98 Å². The van der Waals surface area contributed by atoms with Crippen molar-refractivity contribution in [1.82, 2.24) is 14.7 Å². The summed E-state index contributed by atoms with van der Waals surface area (Å²) >= 11 is 0. The summed E-state index contributed by atoms with van der Waals surface area (Å²) in [6.45, 7) is 0.506. The van der Waals surface area contributed by atoms with Crippen LogP contribution in [-0.2, 0) is 11.2 Å². The van der Waals surface area contributed by atoms with E-state index < -0.39 is 0 Å². The summed E-state index contributed by atoms with van der Waals surface area (Å²) in [7, 11) is 1.62. The largest absolute Gasteiger partial charge is 0.493 e. The number of nitrogens with one attached hydrogen (secondary N) is 1. The van der Waals surface area contributed by atoms with Crippen LogP contribution in [0.25, 0.3) is 5.65 Å². The van der Waals surface area contributed by atoms with Crippen molar-refractivity contribution >= 4 is 11.6 Å². The number of aromatic nitrogens is 2. The third kappa shape index (κ3) is 3.84. The molecule has 3 rings (SSSR count). The Labute approximate surface area is 140 Å². The number of para-hydroxylation sites is 1. The molecule has 124 valence electrons. The van der Waals surface area contributed by atoms with Gasteiger partial charge in [0, 0.05) is 25.4 Å². The van der Waals surface area contributed by atoms with Gasteiger partial charge < -0.3 is 19.2 Å². The number of imidazole rings is 1. The predicted octanol–water partition coefficient (Wildman–Crippen LogP) is 2.08. The molecule has 0 atom stereocenters. The molecule has 6 heteroatoms. The van der Waals surface area contributed by atoms with Crippen LogP contribution in [0.1, 0.15) is 5.69 Å². The highest BCUT2D eigenvalue weighted by molar-refractivity contribution is 5.77. The molecule has 2 aromatic heterocycles. The molecule has 1 N–H and O–H groups in total. The molecule has 24 heavy (non-hydrogen) atoms. The standard InChI is InChI=1S/C18H19N3O3/c1-23-16-8-5-11-21-12-14(20-18(16)21)9-10-19-17(22)13-24-15-6-3-2-4-7-15/h2-8,11-12H,9-10,13H2,1H3,(H,19,22). The van der Waals surface area contributed by atoms with Crippen molar-refractivity contribution in [3.05, 3.63) is 60.6 Å². The van der Waals surface area contributed by atoms with E-state index >= 15 is 0 Å². The molecule has 6 nitrogen and oxygen atoms in total. The zero-order valence-electron chi connectivity index (χ0n) is 13.4. The zero-order chi connectivity index (χ0) is 16.8. The second-order valence-corrected chi connectivity index (χ2v) is 5.24. The SMILES string of the molecule is COc1cccn2cc(CCNC(=O)COc3ccccc3)nc12.